The molecule has 4 rings (SSSR count). The maximum Gasteiger partial charge on any atom is 0.294 e. The number of ether oxygens (including phenoxy) is 1. The van der Waals surface area contributed by atoms with Crippen LogP contribution in [-0.4, -0.2) is 28.4 Å². The van der Waals surface area contributed by atoms with Gasteiger partial charge in [-0.25, -0.2) is 0 Å². The summed E-state index contributed by atoms with van der Waals surface area (Å²) in [5.41, 5.74) is 2.38. The maximum atomic E-state index is 13.1. The molecule has 6 nitrogen and oxygen atoms in total. The van der Waals surface area contributed by atoms with Gasteiger partial charge < -0.3 is 14.8 Å². The number of hydrogen-bond acceptors (Lipinski definition) is 4. The van der Waals surface area contributed by atoms with E-state index in [1.54, 1.807) is 44.3 Å². The van der Waals surface area contributed by atoms with Crippen LogP contribution in [0.3, 0.4) is 0 Å². The first-order chi connectivity index (χ1) is 14.4. The summed E-state index contributed by atoms with van der Waals surface area (Å²) < 4.78 is 5.50. The number of aromatic amines is 1. The number of para-hydroxylation sites is 1. The number of aromatic nitrogens is 1. The van der Waals surface area contributed by atoms with Crippen LogP contribution in [0.25, 0.3) is 10.9 Å². The predicted molar refractivity (Wildman–Crippen MR) is 116 cm³/mol. The summed E-state index contributed by atoms with van der Waals surface area (Å²) in [5.74, 6) is -0.990. The molecule has 1 amide bonds. The van der Waals surface area contributed by atoms with Gasteiger partial charge in [0, 0.05) is 34.3 Å². The van der Waals surface area contributed by atoms with Crippen molar-refractivity contribution in [2.24, 2.45) is 5.92 Å². The average Bonchev–Trinajstić information content (AvgIpc) is 3.27. The molecule has 3 aromatic rings. The standard InChI is InChI=1S/C24H24N2O4/c1-4-30-16-11-9-15(10-12-16)26-21(18-13-25-19-8-6-5-7-17(18)19)20(22(27)14(2)3)23(28)24(26)29/h5-14,21,25,28H,4H2,1-3H3. The van der Waals surface area contributed by atoms with Gasteiger partial charge in [0.1, 0.15) is 5.75 Å². The van der Waals surface area contributed by atoms with Crippen LogP contribution in [0.4, 0.5) is 5.69 Å². The van der Waals surface area contributed by atoms with Crippen molar-refractivity contribution in [2.45, 2.75) is 26.8 Å². The highest BCUT2D eigenvalue weighted by Gasteiger charge is 2.45. The smallest absolute Gasteiger partial charge is 0.294 e. The van der Waals surface area contributed by atoms with Crippen molar-refractivity contribution < 1.29 is 19.4 Å². The number of nitrogens with zero attached hydrogens (tertiary/aromatic N) is 1. The van der Waals surface area contributed by atoms with Crippen molar-refractivity contribution >= 4 is 28.3 Å². The lowest BCUT2D eigenvalue weighted by Gasteiger charge is -2.27. The normalized spacial score (nSPS) is 16.7. The summed E-state index contributed by atoms with van der Waals surface area (Å²) in [5, 5.41) is 11.6. The number of benzene rings is 2. The van der Waals surface area contributed by atoms with E-state index in [1.165, 1.54) is 4.90 Å². The fourth-order valence-corrected chi connectivity index (χ4v) is 3.92. The molecule has 0 saturated heterocycles. The molecule has 0 radical (unpaired) electrons. The molecule has 154 valence electrons. The number of H-pyrrole nitrogens is 1. The van der Waals surface area contributed by atoms with Gasteiger partial charge in [-0.15, -0.1) is 0 Å². The minimum absolute atomic E-state index is 0.133. The van der Waals surface area contributed by atoms with Gasteiger partial charge in [0.15, 0.2) is 11.5 Å². The number of aliphatic hydroxyl groups excluding tert-OH is 1. The van der Waals surface area contributed by atoms with E-state index in [9.17, 15) is 14.7 Å². The van der Waals surface area contributed by atoms with Crippen molar-refractivity contribution in [1.82, 2.24) is 4.98 Å². The number of anilines is 1. The monoisotopic (exact) mass is 404 g/mol. The molecule has 1 aliphatic heterocycles. The van der Waals surface area contributed by atoms with Crippen molar-refractivity contribution in [2.75, 3.05) is 11.5 Å². The number of amides is 1. The first kappa shape index (κ1) is 19.8. The second-order valence-corrected chi connectivity index (χ2v) is 7.58. The van der Waals surface area contributed by atoms with Crippen LogP contribution < -0.4 is 9.64 Å². The van der Waals surface area contributed by atoms with Gasteiger partial charge in [0.2, 0.25) is 0 Å². The molecule has 2 N–H and O–H groups in total. The van der Waals surface area contributed by atoms with E-state index >= 15 is 0 Å². The summed E-state index contributed by atoms with van der Waals surface area (Å²) in [6.45, 7) is 5.96. The third-order valence-electron chi connectivity index (χ3n) is 5.34. The third kappa shape index (κ3) is 3.14. The molecule has 1 aromatic heterocycles. The minimum atomic E-state index is -0.721. The fraction of sp³-hybridized carbons (Fsp3) is 0.250. The Hall–Kier alpha value is -3.54. The zero-order chi connectivity index (χ0) is 21.4. The first-order valence-electron chi connectivity index (χ1n) is 10.0. The van der Waals surface area contributed by atoms with E-state index in [1.807, 2.05) is 31.2 Å². The Morgan fingerprint density at radius 2 is 1.87 bits per heavy atom. The molecule has 0 spiro atoms. The van der Waals surface area contributed by atoms with Crippen LogP contribution in [0.2, 0.25) is 0 Å². The van der Waals surface area contributed by atoms with Gasteiger partial charge >= 0.3 is 0 Å². The van der Waals surface area contributed by atoms with E-state index in [2.05, 4.69) is 4.98 Å². The van der Waals surface area contributed by atoms with E-state index < -0.39 is 17.7 Å². The van der Waals surface area contributed by atoms with Gasteiger partial charge in [-0.05, 0) is 37.3 Å². The number of carbonyl (C=O) groups excluding carboxylic acids is 2. The second kappa shape index (κ2) is 7.71. The molecular weight excluding hydrogens is 380 g/mol. The number of ketones is 1. The Morgan fingerprint density at radius 1 is 1.17 bits per heavy atom. The highest BCUT2D eigenvalue weighted by Crippen LogP contribution is 2.44. The molecule has 2 aromatic carbocycles. The van der Waals surface area contributed by atoms with E-state index in [0.29, 0.717) is 18.0 Å². The number of Topliss-reactive ketones (excluding diaryl/α,β-unsaturated/α-hetero) is 1. The summed E-state index contributed by atoms with van der Waals surface area (Å²) in [4.78, 5) is 30.8. The molecule has 2 heterocycles. The third-order valence-corrected chi connectivity index (χ3v) is 5.34. The highest BCUT2D eigenvalue weighted by atomic mass is 16.5. The number of hydrogen-bond donors (Lipinski definition) is 2. The zero-order valence-electron chi connectivity index (χ0n) is 17.2. The lowest BCUT2D eigenvalue weighted by Crippen LogP contribution is -2.31. The van der Waals surface area contributed by atoms with E-state index in [4.69, 9.17) is 4.74 Å². The number of aliphatic hydroxyl groups is 1. The molecule has 0 aliphatic carbocycles. The Morgan fingerprint density at radius 3 is 2.53 bits per heavy atom. The number of nitrogens with one attached hydrogen (secondary N) is 1. The molecule has 1 unspecified atom stereocenters. The summed E-state index contributed by atoms with van der Waals surface area (Å²) in [6, 6.07) is 14.1. The molecular formula is C24H24N2O4. The van der Waals surface area contributed by atoms with Crippen molar-refractivity contribution in [3.05, 3.63) is 71.6 Å². The topological polar surface area (TPSA) is 82.6 Å². The SMILES string of the molecule is CCOc1ccc(N2C(=O)C(O)=C(C(=O)C(C)C)C2c2c[nH]c3ccccc23)cc1. The highest BCUT2D eigenvalue weighted by molar-refractivity contribution is 6.17. The lowest BCUT2D eigenvalue weighted by atomic mass is 9.91. The average molecular weight is 404 g/mol. The van der Waals surface area contributed by atoms with Crippen molar-refractivity contribution in [1.29, 1.82) is 0 Å². The Labute approximate surface area is 174 Å². The van der Waals surface area contributed by atoms with Gasteiger partial charge in [0.05, 0.1) is 18.2 Å². The summed E-state index contributed by atoms with van der Waals surface area (Å²) in [6.07, 6.45) is 1.80. The molecule has 6 heteroatoms. The predicted octanol–water partition coefficient (Wildman–Crippen LogP) is 4.69. The molecule has 1 aliphatic rings. The Bertz CT molecular complexity index is 1140. The quantitative estimate of drug-likeness (QED) is 0.624. The van der Waals surface area contributed by atoms with Gasteiger partial charge in [-0.2, -0.15) is 0 Å². The minimum Gasteiger partial charge on any atom is -0.503 e. The van der Waals surface area contributed by atoms with Gasteiger partial charge in [0.25, 0.3) is 5.91 Å². The van der Waals surface area contributed by atoms with Gasteiger partial charge in [-0.1, -0.05) is 32.0 Å². The van der Waals surface area contributed by atoms with Gasteiger partial charge in [-0.3, -0.25) is 14.5 Å². The Balaban J connectivity index is 1.88. The summed E-state index contributed by atoms with van der Waals surface area (Å²) in [7, 11) is 0. The van der Waals surface area contributed by atoms with Crippen LogP contribution in [-0.2, 0) is 9.59 Å². The fourth-order valence-electron chi connectivity index (χ4n) is 3.92. The molecule has 0 fully saturated rings. The zero-order valence-corrected chi connectivity index (χ0v) is 17.2. The Kier molecular flexibility index (Phi) is 5.08. The van der Waals surface area contributed by atoms with Crippen LogP contribution in [0.15, 0.2) is 66.1 Å². The molecule has 1 atom stereocenters. The first-order valence-corrected chi connectivity index (χ1v) is 10.0. The molecule has 0 bridgehead atoms. The van der Waals surface area contributed by atoms with Crippen LogP contribution in [0.5, 0.6) is 5.75 Å². The van der Waals surface area contributed by atoms with E-state index in [0.717, 1.165) is 16.5 Å². The van der Waals surface area contributed by atoms with E-state index in [-0.39, 0.29) is 17.3 Å². The largest absolute Gasteiger partial charge is 0.503 e. The summed E-state index contributed by atoms with van der Waals surface area (Å²) >= 11 is 0. The number of rotatable bonds is 6. The number of carbonyl (C=O) groups is 2. The lowest BCUT2D eigenvalue weighted by molar-refractivity contribution is -0.119. The van der Waals surface area contributed by atoms with Crippen LogP contribution in [0.1, 0.15) is 32.4 Å². The maximum absolute atomic E-state index is 13.1. The van der Waals surface area contributed by atoms with Crippen molar-refractivity contribution in [3.8, 4) is 5.75 Å². The molecule has 0 saturated carbocycles. The number of fused-ring (bicyclic) bond motifs is 1. The van der Waals surface area contributed by atoms with Crippen molar-refractivity contribution in [3.63, 3.8) is 0 Å². The second-order valence-electron chi connectivity index (χ2n) is 7.58. The molecule has 30 heavy (non-hydrogen) atoms. The van der Waals surface area contributed by atoms with Crippen LogP contribution in [0, 0.1) is 5.92 Å². The van der Waals surface area contributed by atoms with Crippen LogP contribution >= 0.6 is 0 Å².